The summed E-state index contributed by atoms with van der Waals surface area (Å²) in [6.07, 6.45) is 1.40. The third-order valence-corrected chi connectivity index (χ3v) is 4.74. The number of amides is 3. The summed E-state index contributed by atoms with van der Waals surface area (Å²) in [6, 6.07) is 11.9. The maximum Gasteiger partial charge on any atom is 0.322 e. The van der Waals surface area contributed by atoms with Crippen LogP contribution in [0.2, 0.25) is 0 Å². The minimum atomic E-state index is -0.525. The molecule has 0 radical (unpaired) electrons. The summed E-state index contributed by atoms with van der Waals surface area (Å²) in [5, 5.41) is 5.73. The van der Waals surface area contributed by atoms with Crippen molar-refractivity contribution in [2.24, 2.45) is 0 Å². The van der Waals surface area contributed by atoms with Crippen LogP contribution in [-0.4, -0.2) is 43.6 Å². The highest BCUT2D eigenvalue weighted by molar-refractivity contribution is 5.99. The van der Waals surface area contributed by atoms with Gasteiger partial charge in [0.15, 0.2) is 0 Å². The maximum absolute atomic E-state index is 12.8. The Morgan fingerprint density at radius 2 is 1.61 bits per heavy atom. The van der Waals surface area contributed by atoms with Gasteiger partial charge in [-0.25, -0.2) is 4.79 Å². The van der Waals surface area contributed by atoms with E-state index in [0.717, 1.165) is 12.0 Å². The summed E-state index contributed by atoms with van der Waals surface area (Å²) in [5.74, 6) is 0.928. The average Bonchev–Trinajstić information content (AvgIpc) is 3.19. The van der Waals surface area contributed by atoms with Crippen LogP contribution in [0.1, 0.15) is 18.4 Å². The number of methoxy groups -OCH3 is 2. The molecule has 1 aliphatic rings. The molecule has 3 rings (SSSR count). The van der Waals surface area contributed by atoms with Gasteiger partial charge in [-0.3, -0.25) is 4.79 Å². The number of carbonyl (C=O) groups excluding carboxylic acids is 2. The standard InChI is InChI=1S/C21H25N3O4/c1-14-6-8-15(9-7-14)23-21(26)24-10-4-5-19(24)20(25)22-16-11-17(27-2)13-18(12-16)28-3/h6-9,11-13,19H,4-5,10H2,1-3H3,(H,22,25)(H,23,26). The lowest BCUT2D eigenvalue weighted by molar-refractivity contribution is -0.119. The number of rotatable bonds is 5. The molecule has 0 aliphatic carbocycles. The number of ether oxygens (including phenoxy) is 2. The first kappa shape index (κ1) is 19.5. The number of urea groups is 1. The molecule has 1 unspecified atom stereocenters. The topological polar surface area (TPSA) is 79.9 Å². The first-order valence-electron chi connectivity index (χ1n) is 9.18. The Labute approximate surface area is 164 Å². The van der Waals surface area contributed by atoms with Crippen molar-refractivity contribution in [2.75, 3.05) is 31.4 Å². The maximum atomic E-state index is 12.8. The van der Waals surface area contributed by atoms with Gasteiger partial charge in [-0.2, -0.15) is 0 Å². The van der Waals surface area contributed by atoms with Crippen LogP contribution in [0.3, 0.4) is 0 Å². The number of likely N-dealkylation sites (tertiary alicyclic amines) is 1. The zero-order valence-corrected chi connectivity index (χ0v) is 16.3. The average molecular weight is 383 g/mol. The van der Waals surface area contributed by atoms with Gasteiger partial charge < -0.3 is 25.0 Å². The van der Waals surface area contributed by atoms with Gasteiger partial charge >= 0.3 is 6.03 Å². The summed E-state index contributed by atoms with van der Waals surface area (Å²) >= 11 is 0. The summed E-state index contributed by atoms with van der Waals surface area (Å²) in [5.41, 5.74) is 2.39. The molecular formula is C21H25N3O4. The number of anilines is 2. The largest absolute Gasteiger partial charge is 0.497 e. The summed E-state index contributed by atoms with van der Waals surface area (Å²) in [4.78, 5) is 27.1. The van der Waals surface area contributed by atoms with E-state index >= 15 is 0 Å². The number of aryl methyl sites for hydroxylation is 1. The molecule has 1 saturated heterocycles. The van der Waals surface area contributed by atoms with Gasteiger partial charge in [-0.15, -0.1) is 0 Å². The second-order valence-corrected chi connectivity index (χ2v) is 6.74. The lowest BCUT2D eigenvalue weighted by Gasteiger charge is -2.24. The van der Waals surface area contributed by atoms with Crippen molar-refractivity contribution in [3.8, 4) is 11.5 Å². The molecule has 1 aliphatic heterocycles. The Morgan fingerprint density at radius 3 is 2.21 bits per heavy atom. The molecule has 0 aromatic heterocycles. The lowest BCUT2D eigenvalue weighted by Crippen LogP contribution is -2.45. The highest BCUT2D eigenvalue weighted by Crippen LogP contribution is 2.27. The number of benzene rings is 2. The van der Waals surface area contributed by atoms with E-state index in [0.29, 0.717) is 35.8 Å². The number of hydrogen-bond acceptors (Lipinski definition) is 4. The molecular weight excluding hydrogens is 358 g/mol. The molecule has 2 aromatic rings. The Balaban J connectivity index is 1.69. The monoisotopic (exact) mass is 383 g/mol. The second-order valence-electron chi connectivity index (χ2n) is 6.74. The SMILES string of the molecule is COc1cc(NC(=O)C2CCCN2C(=O)Nc2ccc(C)cc2)cc(OC)c1. The summed E-state index contributed by atoms with van der Waals surface area (Å²) in [6.45, 7) is 2.53. The fraction of sp³-hybridized carbons (Fsp3) is 0.333. The Morgan fingerprint density at radius 1 is 0.964 bits per heavy atom. The number of carbonyl (C=O) groups is 2. The highest BCUT2D eigenvalue weighted by atomic mass is 16.5. The van der Waals surface area contributed by atoms with Crippen molar-refractivity contribution < 1.29 is 19.1 Å². The summed E-state index contributed by atoms with van der Waals surface area (Å²) in [7, 11) is 3.10. The van der Waals surface area contributed by atoms with E-state index < -0.39 is 6.04 Å². The van der Waals surface area contributed by atoms with Gasteiger partial charge in [-0.1, -0.05) is 17.7 Å². The van der Waals surface area contributed by atoms with Crippen molar-refractivity contribution in [1.82, 2.24) is 4.90 Å². The fourth-order valence-electron chi connectivity index (χ4n) is 3.22. The molecule has 28 heavy (non-hydrogen) atoms. The molecule has 148 valence electrons. The molecule has 0 saturated carbocycles. The van der Waals surface area contributed by atoms with Gasteiger partial charge in [-0.05, 0) is 31.9 Å². The number of nitrogens with one attached hydrogen (secondary N) is 2. The van der Waals surface area contributed by atoms with E-state index in [1.54, 1.807) is 37.3 Å². The predicted octanol–water partition coefficient (Wildman–Crippen LogP) is 3.65. The van der Waals surface area contributed by atoms with Gasteiger partial charge in [0.1, 0.15) is 17.5 Å². The van der Waals surface area contributed by atoms with Crippen LogP contribution in [0.25, 0.3) is 0 Å². The molecule has 1 heterocycles. The molecule has 1 fully saturated rings. The van der Waals surface area contributed by atoms with E-state index in [1.165, 1.54) is 0 Å². The first-order chi connectivity index (χ1) is 13.5. The summed E-state index contributed by atoms with van der Waals surface area (Å²) < 4.78 is 10.5. The van der Waals surface area contributed by atoms with Crippen LogP contribution < -0.4 is 20.1 Å². The van der Waals surface area contributed by atoms with E-state index in [4.69, 9.17) is 9.47 Å². The molecule has 0 spiro atoms. The Hall–Kier alpha value is -3.22. The molecule has 3 amide bonds. The van der Waals surface area contributed by atoms with Crippen LogP contribution in [0.15, 0.2) is 42.5 Å². The van der Waals surface area contributed by atoms with Crippen molar-refractivity contribution in [3.63, 3.8) is 0 Å². The minimum absolute atomic E-state index is 0.230. The zero-order valence-electron chi connectivity index (χ0n) is 16.3. The molecule has 2 N–H and O–H groups in total. The molecule has 2 aromatic carbocycles. The third-order valence-electron chi connectivity index (χ3n) is 4.74. The van der Waals surface area contributed by atoms with Crippen LogP contribution in [0.5, 0.6) is 11.5 Å². The van der Waals surface area contributed by atoms with Gasteiger partial charge in [0.05, 0.1) is 14.2 Å². The van der Waals surface area contributed by atoms with E-state index in [9.17, 15) is 9.59 Å². The van der Waals surface area contributed by atoms with Crippen molar-refractivity contribution in [3.05, 3.63) is 48.0 Å². The van der Waals surface area contributed by atoms with Gasteiger partial charge in [0.25, 0.3) is 0 Å². The van der Waals surface area contributed by atoms with Crippen LogP contribution in [-0.2, 0) is 4.79 Å². The highest BCUT2D eigenvalue weighted by Gasteiger charge is 2.34. The number of nitrogens with zero attached hydrogens (tertiary/aromatic N) is 1. The zero-order chi connectivity index (χ0) is 20.1. The lowest BCUT2D eigenvalue weighted by atomic mass is 10.2. The first-order valence-corrected chi connectivity index (χ1v) is 9.18. The normalized spacial score (nSPS) is 15.8. The van der Waals surface area contributed by atoms with E-state index in [2.05, 4.69) is 10.6 Å². The van der Waals surface area contributed by atoms with Crippen molar-refractivity contribution in [1.29, 1.82) is 0 Å². The van der Waals surface area contributed by atoms with Crippen LogP contribution in [0.4, 0.5) is 16.2 Å². The van der Waals surface area contributed by atoms with Gasteiger partial charge in [0, 0.05) is 36.1 Å². The quantitative estimate of drug-likeness (QED) is 0.826. The second kappa shape index (κ2) is 8.65. The molecule has 1 atom stereocenters. The minimum Gasteiger partial charge on any atom is -0.497 e. The predicted molar refractivity (Wildman–Crippen MR) is 108 cm³/mol. The van der Waals surface area contributed by atoms with Crippen molar-refractivity contribution >= 4 is 23.3 Å². The molecule has 7 nitrogen and oxygen atoms in total. The molecule has 0 bridgehead atoms. The Kier molecular flexibility index (Phi) is 6.03. The van der Waals surface area contributed by atoms with Gasteiger partial charge in [0.2, 0.25) is 5.91 Å². The fourth-order valence-corrected chi connectivity index (χ4v) is 3.22. The Bertz CT molecular complexity index is 829. The number of hydrogen-bond donors (Lipinski definition) is 2. The molecule has 7 heteroatoms. The van der Waals surface area contributed by atoms with E-state index in [1.807, 2.05) is 31.2 Å². The van der Waals surface area contributed by atoms with Crippen LogP contribution >= 0.6 is 0 Å². The van der Waals surface area contributed by atoms with E-state index in [-0.39, 0.29) is 11.9 Å². The van der Waals surface area contributed by atoms with Crippen LogP contribution in [0, 0.1) is 6.92 Å². The smallest absolute Gasteiger partial charge is 0.322 e. The van der Waals surface area contributed by atoms with Crippen molar-refractivity contribution in [2.45, 2.75) is 25.8 Å². The third kappa shape index (κ3) is 4.54.